The van der Waals surface area contributed by atoms with Crippen molar-refractivity contribution in [3.05, 3.63) is 60.1 Å². The van der Waals surface area contributed by atoms with Crippen molar-refractivity contribution in [2.45, 2.75) is 12.3 Å². The first-order valence-electron chi connectivity index (χ1n) is 6.22. The lowest BCUT2D eigenvalue weighted by Gasteiger charge is -2.24. The van der Waals surface area contributed by atoms with Crippen LogP contribution in [0.15, 0.2) is 48.6 Å². The van der Waals surface area contributed by atoms with Crippen LogP contribution in [-0.2, 0) is 15.0 Å². The number of aromatic nitrogens is 1. The van der Waals surface area contributed by atoms with Crippen molar-refractivity contribution in [2.75, 3.05) is 0 Å². The van der Waals surface area contributed by atoms with Gasteiger partial charge < -0.3 is 0 Å². The van der Waals surface area contributed by atoms with Gasteiger partial charge in [-0.25, -0.2) is 4.39 Å². The normalized spacial score (nSPS) is 16.8. The molecule has 1 aromatic carbocycles. The molecule has 0 fully saturated rings. The third kappa shape index (κ3) is 1.81. The van der Waals surface area contributed by atoms with Crippen molar-refractivity contribution in [3.63, 3.8) is 0 Å². The highest BCUT2D eigenvalue weighted by Gasteiger charge is 2.28. The molecule has 4 heteroatoms. The molecule has 0 unspecified atom stereocenters. The van der Waals surface area contributed by atoms with E-state index < -0.39 is 5.41 Å². The molecule has 3 nitrogen and oxygen atoms in total. The molecule has 3 rings (SSSR count). The van der Waals surface area contributed by atoms with Crippen LogP contribution < -0.4 is 0 Å². The van der Waals surface area contributed by atoms with Gasteiger partial charge in [0.2, 0.25) is 6.41 Å². The zero-order valence-electron chi connectivity index (χ0n) is 10.8. The van der Waals surface area contributed by atoms with E-state index in [9.17, 15) is 14.0 Å². The van der Waals surface area contributed by atoms with E-state index in [1.165, 1.54) is 28.9 Å². The lowest BCUT2D eigenvalue weighted by Crippen LogP contribution is -2.23. The molecule has 0 N–H and O–H groups in total. The summed E-state index contributed by atoms with van der Waals surface area (Å²) in [5.41, 5.74) is 0.660. The minimum Gasteiger partial charge on any atom is -0.290 e. The van der Waals surface area contributed by atoms with Gasteiger partial charge in [0.05, 0.1) is 5.52 Å². The molecule has 0 aliphatic heterocycles. The van der Waals surface area contributed by atoms with Gasteiger partial charge in [0, 0.05) is 16.5 Å². The summed E-state index contributed by atoms with van der Waals surface area (Å²) >= 11 is 0. The standard InChI is InChI=1S/C16H12FNO2/c1-16(6-4-13(20)5-7-16)15-8-11-2-3-12(17)9-14(11)18(15)10-19/h2-10H,1H3. The number of ketones is 1. The Balaban J connectivity index is 2.26. The highest BCUT2D eigenvalue weighted by molar-refractivity contribution is 6.01. The number of allylic oxidation sites excluding steroid dienone is 4. The lowest BCUT2D eigenvalue weighted by molar-refractivity contribution is -0.110. The smallest absolute Gasteiger partial charge is 0.218 e. The van der Waals surface area contributed by atoms with E-state index in [1.807, 2.05) is 13.0 Å². The highest BCUT2D eigenvalue weighted by atomic mass is 19.1. The molecule has 0 saturated heterocycles. The summed E-state index contributed by atoms with van der Waals surface area (Å²) in [5.74, 6) is -0.470. The van der Waals surface area contributed by atoms with Gasteiger partial charge in [-0.1, -0.05) is 12.2 Å². The first-order chi connectivity index (χ1) is 9.53. The van der Waals surface area contributed by atoms with Crippen molar-refractivity contribution in [1.82, 2.24) is 4.57 Å². The zero-order chi connectivity index (χ0) is 14.3. The quantitative estimate of drug-likeness (QED) is 0.786. The van der Waals surface area contributed by atoms with E-state index in [0.717, 1.165) is 5.39 Å². The topological polar surface area (TPSA) is 39.1 Å². The minimum atomic E-state index is -0.565. The number of hydrogen-bond acceptors (Lipinski definition) is 2. The molecule has 20 heavy (non-hydrogen) atoms. The van der Waals surface area contributed by atoms with E-state index in [0.29, 0.717) is 17.6 Å². The maximum Gasteiger partial charge on any atom is 0.218 e. The van der Waals surface area contributed by atoms with Gasteiger partial charge in [-0.2, -0.15) is 0 Å². The van der Waals surface area contributed by atoms with Gasteiger partial charge in [-0.15, -0.1) is 0 Å². The molecular weight excluding hydrogens is 257 g/mol. The summed E-state index contributed by atoms with van der Waals surface area (Å²) in [6.45, 7) is 1.90. The van der Waals surface area contributed by atoms with E-state index >= 15 is 0 Å². The second-order valence-electron chi connectivity index (χ2n) is 5.06. The molecule has 0 spiro atoms. The van der Waals surface area contributed by atoms with Crippen LogP contribution in [0, 0.1) is 5.82 Å². The highest BCUT2D eigenvalue weighted by Crippen LogP contribution is 2.33. The van der Waals surface area contributed by atoms with Gasteiger partial charge >= 0.3 is 0 Å². The fourth-order valence-corrected chi connectivity index (χ4v) is 2.52. The Morgan fingerprint density at radius 1 is 1.20 bits per heavy atom. The number of carbonyl (C=O) groups excluding carboxylic acids is 2. The van der Waals surface area contributed by atoms with Crippen molar-refractivity contribution >= 4 is 23.1 Å². The maximum atomic E-state index is 13.3. The summed E-state index contributed by atoms with van der Waals surface area (Å²) in [6.07, 6.45) is 7.13. The number of hydrogen-bond donors (Lipinski definition) is 0. The van der Waals surface area contributed by atoms with Crippen molar-refractivity contribution in [1.29, 1.82) is 0 Å². The monoisotopic (exact) mass is 269 g/mol. The van der Waals surface area contributed by atoms with Gasteiger partial charge in [0.1, 0.15) is 5.82 Å². The van der Waals surface area contributed by atoms with Crippen LogP contribution in [0.25, 0.3) is 10.9 Å². The molecule has 0 radical (unpaired) electrons. The Morgan fingerprint density at radius 3 is 2.55 bits per heavy atom. The molecule has 1 aliphatic carbocycles. The Kier molecular flexibility index (Phi) is 2.67. The predicted molar refractivity (Wildman–Crippen MR) is 74.7 cm³/mol. The van der Waals surface area contributed by atoms with E-state index in [-0.39, 0.29) is 11.6 Å². The molecule has 0 amide bonds. The lowest BCUT2D eigenvalue weighted by atomic mass is 9.82. The van der Waals surface area contributed by atoms with Gasteiger partial charge in [0.15, 0.2) is 5.78 Å². The predicted octanol–water partition coefficient (Wildman–Crippen LogP) is 2.77. The number of rotatable bonds is 2. The van der Waals surface area contributed by atoms with Gasteiger partial charge in [-0.05, 0) is 43.3 Å². The van der Waals surface area contributed by atoms with E-state index in [2.05, 4.69) is 0 Å². The summed E-state index contributed by atoms with van der Waals surface area (Å²) in [5, 5.41) is 0.786. The molecule has 100 valence electrons. The van der Waals surface area contributed by atoms with Crippen molar-refractivity contribution in [3.8, 4) is 0 Å². The van der Waals surface area contributed by atoms with E-state index in [1.54, 1.807) is 18.2 Å². The fourth-order valence-electron chi connectivity index (χ4n) is 2.52. The van der Waals surface area contributed by atoms with E-state index in [4.69, 9.17) is 0 Å². The van der Waals surface area contributed by atoms with Gasteiger partial charge in [0.25, 0.3) is 0 Å². The molecule has 1 heterocycles. The Labute approximate surface area is 115 Å². The minimum absolute atomic E-state index is 0.0812. The molecule has 0 atom stereocenters. The number of fused-ring (bicyclic) bond motifs is 1. The van der Waals surface area contributed by atoms with Crippen LogP contribution in [0.4, 0.5) is 4.39 Å². The average Bonchev–Trinajstić information content (AvgIpc) is 2.80. The average molecular weight is 269 g/mol. The number of carbonyl (C=O) groups is 2. The fraction of sp³-hybridized carbons (Fsp3) is 0.125. The first kappa shape index (κ1) is 12.5. The molecule has 1 aliphatic rings. The molecule has 1 aromatic heterocycles. The second kappa shape index (κ2) is 4.27. The largest absolute Gasteiger partial charge is 0.290 e. The summed E-state index contributed by atoms with van der Waals surface area (Å²) < 4.78 is 14.8. The zero-order valence-corrected chi connectivity index (χ0v) is 10.8. The second-order valence-corrected chi connectivity index (χ2v) is 5.06. The van der Waals surface area contributed by atoms with Gasteiger partial charge in [-0.3, -0.25) is 14.2 Å². The Bertz CT molecular complexity index is 767. The van der Waals surface area contributed by atoms with Crippen molar-refractivity contribution < 1.29 is 14.0 Å². The Hall–Kier alpha value is -2.49. The SMILES string of the molecule is CC1(c2cc3ccc(F)cc3n2C=O)C=CC(=O)C=C1. The van der Waals surface area contributed by atoms with Crippen LogP contribution in [0.2, 0.25) is 0 Å². The third-order valence-electron chi connectivity index (χ3n) is 3.65. The van der Waals surface area contributed by atoms with Crippen LogP contribution in [0.5, 0.6) is 0 Å². The molecule has 0 saturated carbocycles. The number of halogens is 1. The van der Waals surface area contributed by atoms with Crippen LogP contribution in [0.3, 0.4) is 0 Å². The summed E-state index contributed by atoms with van der Waals surface area (Å²) in [7, 11) is 0. The molecular formula is C16H12FNO2. The third-order valence-corrected chi connectivity index (χ3v) is 3.65. The Morgan fingerprint density at radius 2 is 1.90 bits per heavy atom. The summed E-state index contributed by atoms with van der Waals surface area (Å²) in [4.78, 5) is 22.6. The molecule has 2 aromatic rings. The maximum absolute atomic E-state index is 13.3. The first-order valence-corrected chi connectivity index (χ1v) is 6.22. The van der Waals surface area contributed by atoms with Crippen molar-refractivity contribution in [2.24, 2.45) is 0 Å². The number of benzene rings is 1. The van der Waals surface area contributed by atoms with Crippen LogP contribution in [-0.4, -0.2) is 16.8 Å². The van der Waals surface area contributed by atoms with Crippen LogP contribution in [0.1, 0.15) is 12.6 Å². The number of nitrogens with zero attached hydrogens (tertiary/aromatic N) is 1. The van der Waals surface area contributed by atoms with Crippen LogP contribution >= 0.6 is 0 Å². The summed E-state index contributed by atoms with van der Waals surface area (Å²) in [6, 6.07) is 6.17. The molecule has 0 bridgehead atoms.